The van der Waals surface area contributed by atoms with E-state index in [9.17, 15) is 4.79 Å². The smallest absolute Gasteiger partial charge is 0.410 e. The van der Waals surface area contributed by atoms with Crippen LogP contribution in [-0.2, 0) is 17.6 Å². The molecule has 0 bridgehead atoms. The predicted molar refractivity (Wildman–Crippen MR) is 103 cm³/mol. The molecule has 0 N–H and O–H groups in total. The molecule has 1 aliphatic carbocycles. The third-order valence-corrected chi connectivity index (χ3v) is 5.54. The zero-order valence-corrected chi connectivity index (χ0v) is 16.2. The number of hydrogen-bond donors (Lipinski definition) is 0. The Bertz CT molecular complexity index is 836. The lowest BCUT2D eigenvalue weighted by molar-refractivity contribution is 0.131. The van der Waals surface area contributed by atoms with Gasteiger partial charge in [0.25, 0.3) is 0 Å². The molecule has 1 heterocycles. The van der Waals surface area contributed by atoms with Gasteiger partial charge >= 0.3 is 6.09 Å². The van der Waals surface area contributed by atoms with Crippen molar-refractivity contribution >= 4 is 17.7 Å². The quantitative estimate of drug-likeness (QED) is 0.768. The molecule has 4 rings (SSSR count). The van der Waals surface area contributed by atoms with Crippen molar-refractivity contribution in [1.82, 2.24) is 4.90 Å². The van der Waals surface area contributed by atoms with E-state index in [-0.39, 0.29) is 12.2 Å². The molecule has 1 saturated heterocycles. The van der Waals surface area contributed by atoms with E-state index in [1.165, 1.54) is 11.1 Å². The van der Waals surface area contributed by atoms with Crippen LogP contribution in [0.1, 0.15) is 22.8 Å². The lowest BCUT2D eigenvalue weighted by Gasteiger charge is -2.17. The van der Waals surface area contributed by atoms with Crippen molar-refractivity contribution in [1.29, 1.82) is 0 Å². The molecule has 1 fully saturated rings. The third kappa shape index (κ3) is 3.56. The Hall–Kier alpha value is -2.40. The summed E-state index contributed by atoms with van der Waals surface area (Å²) in [5, 5.41) is 0.649. The van der Waals surface area contributed by atoms with Crippen molar-refractivity contribution in [2.45, 2.75) is 18.9 Å². The largest absolute Gasteiger partial charge is 0.493 e. The molecule has 5 nitrogen and oxygen atoms in total. The summed E-state index contributed by atoms with van der Waals surface area (Å²) in [5.74, 6) is 1.86. The first-order chi connectivity index (χ1) is 13.1. The molecule has 1 amide bonds. The number of hydrogen-bond acceptors (Lipinski definition) is 4. The molecular weight excluding hydrogens is 366 g/mol. The Morgan fingerprint density at radius 1 is 1.11 bits per heavy atom. The minimum absolute atomic E-state index is 0.258. The van der Waals surface area contributed by atoms with E-state index < -0.39 is 0 Å². The van der Waals surface area contributed by atoms with Gasteiger partial charge in [-0.15, -0.1) is 0 Å². The third-order valence-electron chi connectivity index (χ3n) is 5.31. The Labute approximate surface area is 163 Å². The van der Waals surface area contributed by atoms with Crippen LogP contribution in [0, 0.1) is 5.92 Å². The second-order valence-electron chi connectivity index (χ2n) is 7.08. The van der Waals surface area contributed by atoms with Crippen LogP contribution in [-0.4, -0.2) is 38.3 Å². The number of halogens is 1. The van der Waals surface area contributed by atoms with E-state index in [0.717, 1.165) is 29.9 Å². The van der Waals surface area contributed by atoms with Gasteiger partial charge in [0.05, 0.1) is 20.8 Å². The van der Waals surface area contributed by atoms with Crippen LogP contribution in [0.4, 0.5) is 4.79 Å². The number of amides is 1. The van der Waals surface area contributed by atoms with Crippen LogP contribution in [0.2, 0.25) is 5.02 Å². The summed E-state index contributed by atoms with van der Waals surface area (Å²) in [4.78, 5) is 14.1. The van der Waals surface area contributed by atoms with Crippen LogP contribution >= 0.6 is 11.6 Å². The van der Waals surface area contributed by atoms with Gasteiger partial charge in [-0.1, -0.05) is 23.7 Å². The molecule has 0 aromatic heterocycles. The molecule has 1 aliphatic heterocycles. The van der Waals surface area contributed by atoms with Crippen molar-refractivity contribution < 1.29 is 19.0 Å². The topological polar surface area (TPSA) is 48.0 Å². The first kappa shape index (κ1) is 18.0. The molecule has 2 aromatic rings. The monoisotopic (exact) mass is 387 g/mol. The lowest BCUT2D eigenvalue weighted by Crippen LogP contribution is -2.30. The molecule has 0 spiro atoms. The first-order valence-electron chi connectivity index (χ1n) is 9.02. The number of fused-ring (bicyclic) bond motifs is 1. The van der Waals surface area contributed by atoms with Crippen LogP contribution in [0.25, 0.3) is 0 Å². The van der Waals surface area contributed by atoms with Gasteiger partial charge in [0, 0.05) is 11.6 Å². The summed E-state index contributed by atoms with van der Waals surface area (Å²) in [6.07, 6.45) is 1.31. The Morgan fingerprint density at radius 3 is 2.37 bits per heavy atom. The highest BCUT2D eigenvalue weighted by molar-refractivity contribution is 6.30. The maximum absolute atomic E-state index is 12.3. The van der Waals surface area contributed by atoms with Crippen molar-refractivity contribution in [3.8, 4) is 11.5 Å². The molecule has 27 heavy (non-hydrogen) atoms. The van der Waals surface area contributed by atoms with Gasteiger partial charge in [0.2, 0.25) is 0 Å². The SMILES string of the molecule is COc1cc2c(cc1OC)CC(CN1C[C@@H](c3cccc(Cl)c3)OC1=O)C2. The average Bonchev–Trinajstić information content (AvgIpc) is 3.23. The molecular formula is C21H22ClNO4. The van der Waals surface area contributed by atoms with Gasteiger partial charge in [0.15, 0.2) is 11.5 Å². The summed E-state index contributed by atoms with van der Waals surface area (Å²) >= 11 is 6.06. The van der Waals surface area contributed by atoms with E-state index in [1.807, 2.05) is 36.4 Å². The molecule has 0 radical (unpaired) electrons. The maximum atomic E-state index is 12.3. The van der Waals surface area contributed by atoms with E-state index in [0.29, 0.717) is 24.0 Å². The number of carbonyl (C=O) groups excluding carboxylic acids is 1. The number of benzene rings is 2. The van der Waals surface area contributed by atoms with Crippen LogP contribution in [0.3, 0.4) is 0 Å². The zero-order valence-electron chi connectivity index (χ0n) is 15.4. The van der Waals surface area contributed by atoms with Gasteiger partial charge in [-0.2, -0.15) is 0 Å². The van der Waals surface area contributed by atoms with E-state index >= 15 is 0 Å². The Balaban J connectivity index is 1.43. The Kier molecular flexibility index (Phi) is 4.87. The van der Waals surface area contributed by atoms with Gasteiger partial charge < -0.3 is 19.1 Å². The van der Waals surface area contributed by atoms with Gasteiger partial charge in [-0.25, -0.2) is 4.79 Å². The second-order valence-corrected chi connectivity index (χ2v) is 7.52. The number of methoxy groups -OCH3 is 2. The fourth-order valence-corrected chi connectivity index (χ4v) is 4.21. The number of ether oxygens (including phenoxy) is 3. The fraction of sp³-hybridized carbons (Fsp3) is 0.381. The molecule has 0 unspecified atom stereocenters. The lowest BCUT2D eigenvalue weighted by atomic mass is 10.1. The molecule has 2 aliphatic rings. The summed E-state index contributed by atoms with van der Waals surface area (Å²) in [6.45, 7) is 1.23. The highest BCUT2D eigenvalue weighted by Crippen LogP contribution is 2.37. The Morgan fingerprint density at radius 2 is 1.78 bits per heavy atom. The van der Waals surface area contributed by atoms with Crippen molar-refractivity contribution in [2.24, 2.45) is 5.92 Å². The minimum Gasteiger partial charge on any atom is -0.493 e. The van der Waals surface area contributed by atoms with E-state index in [2.05, 4.69) is 0 Å². The number of cyclic esters (lactones) is 1. The summed E-state index contributed by atoms with van der Waals surface area (Å²) in [7, 11) is 3.29. The summed E-state index contributed by atoms with van der Waals surface area (Å²) < 4.78 is 16.4. The molecule has 0 saturated carbocycles. The zero-order chi connectivity index (χ0) is 19.0. The molecule has 142 valence electrons. The van der Waals surface area contributed by atoms with E-state index in [1.54, 1.807) is 19.1 Å². The van der Waals surface area contributed by atoms with Crippen molar-refractivity contribution in [2.75, 3.05) is 27.3 Å². The highest BCUT2D eigenvalue weighted by Gasteiger charge is 2.35. The number of nitrogens with zero attached hydrogens (tertiary/aromatic N) is 1. The highest BCUT2D eigenvalue weighted by atomic mass is 35.5. The first-order valence-corrected chi connectivity index (χ1v) is 9.40. The van der Waals surface area contributed by atoms with Crippen LogP contribution < -0.4 is 9.47 Å². The fourth-order valence-electron chi connectivity index (χ4n) is 4.02. The standard InChI is InChI=1S/C21H22ClNO4/c1-25-18-9-15-6-13(7-16(15)10-19(18)26-2)11-23-12-20(27-21(23)24)14-4-3-5-17(22)8-14/h3-5,8-10,13,20H,6-7,11-12H2,1-2H3/t20-/m0/s1. The van der Waals surface area contributed by atoms with Crippen LogP contribution in [0.5, 0.6) is 11.5 Å². The van der Waals surface area contributed by atoms with Gasteiger partial charge in [0.1, 0.15) is 6.10 Å². The van der Waals surface area contributed by atoms with Gasteiger partial charge in [-0.3, -0.25) is 0 Å². The minimum atomic E-state index is -0.264. The molecule has 6 heteroatoms. The molecule has 2 aromatic carbocycles. The normalized spacial score (nSPS) is 19.1. The second kappa shape index (κ2) is 7.31. The predicted octanol–water partition coefficient (Wildman–Crippen LogP) is 4.27. The summed E-state index contributed by atoms with van der Waals surface area (Å²) in [5.41, 5.74) is 3.45. The average molecular weight is 388 g/mol. The number of rotatable bonds is 5. The van der Waals surface area contributed by atoms with Crippen molar-refractivity contribution in [3.05, 3.63) is 58.1 Å². The maximum Gasteiger partial charge on any atom is 0.410 e. The summed E-state index contributed by atoms with van der Waals surface area (Å²) in [6, 6.07) is 11.6. The van der Waals surface area contributed by atoms with Crippen LogP contribution in [0.15, 0.2) is 36.4 Å². The molecule has 1 atom stereocenters. The van der Waals surface area contributed by atoms with Crippen molar-refractivity contribution in [3.63, 3.8) is 0 Å². The van der Waals surface area contributed by atoms with E-state index in [4.69, 9.17) is 25.8 Å². The van der Waals surface area contributed by atoms with Gasteiger partial charge in [-0.05, 0) is 59.7 Å². The number of carbonyl (C=O) groups is 1.